The van der Waals surface area contributed by atoms with Crippen LogP contribution < -0.4 is 5.73 Å². The van der Waals surface area contributed by atoms with E-state index in [-0.39, 0.29) is 0 Å². The molecule has 0 radical (unpaired) electrons. The summed E-state index contributed by atoms with van der Waals surface area (Å²) in [7, 11) is 0. The molecule has 0 spiro atoms. The second kappa shape index (κ2) is 2.57. The SMILES string of the molecule is Nc1nc(-c2ccc[nH]2)c(Cl)[nH]1. The van der Waals surface area contributed by atoms with E-state index >= 15 is 0 Å². The van der Waals surface area contributed by atoms with Gasteiger partial charge in [0, 0.05) is 6.20 Å². The van der Waals surface area contributed by atoms with Crippen LogP contribution in [0.15, 0.2) is 18.3 Å². The van der Waals surface area contributed by atoms with E-state index in [1.165, 1.54) is 0 Å². The highest BCUT2D eigenvalue weighted by molar-refractivity contribution is 6.32. The summed E-state index contributed by atoms with van der Waals surface area (Å²) in [4.78, 5) is 9.70. The number of H-pyrrole nitrogens is 2. The van der Waals surface area contributed by atoms with Crippen LogP contribution >= 0.6 is 11.6 Å². The van der Waals surface area contributed by atoms with Crippen molar-refractivity contribution >= 4 is 17.5 Å². The zero-order chi connectivity index (χ0) is 8.55. The molecule has 0 saturated heterocycles. The molecule has 2 heterocycles. The third-order valence-corrected chi connectivity index (χ3v) is 1.80. The predicted octanol–water partition coefficient (Wildman–Crippen LogP) is 1.64. The fourth-order valence-electron chi connectivity index (χ4n) is 1.03. The van der Waals surface area contributed by atoms with Crippen molar-refractivity contribution in [2.75, 3.05) is 5.73 Å². The summed E-state index contributed by atoms with van der Waals surface area (Å²) in [5.74, 6) is 0.324. The van der Waals surface area contributed by atoms with Crippen LogP contribution in [0, 0.1) is 0 Å². The van der Waals surface area contributed by atoms with Crippen molar-refractivity contribution in [3.8, 4) is 11.4 Å². The lowest BCUT2D eigenvalue weighted by molar-refractivity contribution is 1.31. The van der Waals surface area contributed by atoms with Crippen molar-refractivity contribution in [1.29, 1.82) is 0 Å². The summed E-state index contributed by atoms with van der Waals surface area (Å²) in [6.45, 7) is 0. The Labute approximate surface area is 73.8 Å². The average Bonchev–Trinajstić information content (AvgIpc) is 2.58. The van der Waals surface area contributed by atoms with Crippen molar-refractivity contribution < 1.29 is 0 Å². The van der Waals surface area contributed by atoms with Crippen LogP contribution in [-0.4, -0.2) is 15.0 Å². The van der Waals surface area contributed by atoms with Gasteiger partial charge in [0.05, 0.1) is 5.69 Å². The number of imidazole rings is 1. The molecule has 0 aromatic carbocycles. The zero-order valence-electron chi connectivity index (χ0n) is 6.13. The van der Waals surface area contributed by atoms with Gasteiger partial charge in [0.25, 0.3) is 0 Å². The van der Waals surface area contributed by atoms with Gasteiger partial charge in [-0.05, 0) is 12.1 Å². The van der Waals surface area contributed by atoms with E-state index in [0.29, 0.717) is 16.8 Å². The Balaban J connectivity index is 2.54. The van der Waals surface area contributed by atoms with E-state index in [1.54, 1.807) is 6.20 Å². The molecule has 0 unspecified atom stereocenters. The maximum Gasteiger partial charge on any atom is 0.199 e. The normalized spacial score (nSPS) is 10.4. The zero-order valence-corrected chi connectivity index (χ0v) is 6.89. The van der Waals surface area contributed by atoms with Crippen LogP contribution in [0.2, 0.25) is 5.15 Å². The van der Waals surface area contributed by atoms with Crippen LogP contribution in [0.1, 0.15) is 0 Å². The van der Waals surface area contributed by atoms with E-state index in [4.69, 9.17) is 17.3 Å². The molecule has 2 rings (SSSR count). The Morgan fingerprint density at radius 1 is 1.50 bits per heavy atom. The van der Waals surface area contributed by atoms with Crippen LogP contribution in [-0.2, 0) is 0 Å². The minimum atomic E-state index is 0.324. The van der Waals surface area contributed by atoms with Gasteiger partial charge >= 0.3 is 0 Å². The molecular formula is C7H7ClN4. The Kier molecular flexibility index (Phi) is 1.55. The van der Waals surface area contributed by atoms with Gasteiger partial charge in [0.2, 0.25) is 0 Å². The van der Waals surface area contributed by atoms with Gasteiger partial charge < -0.3 is 15.7 Å². The van der Waals surface area contributed by atoms with E-state index < -0.39 is 0 Å². The number of nitrogens with zero attached hydrogens (tertiary/aromatic N) is 1. The highest BCUT2D eigenvalue weighted by atomic mass is 35.5. The van der Waals surface area contributed by atoms with Crippen molar-refractivity contribution in [3.05, 3.63) is 23.5 Å². The summed E-state index contributed by atoms with van der Waals surface area (Å²) in [5, 5.41) is 0.454. The fraction of sp³-hybridized carbons (Fsp3) is 0. The van der Waals surface area contributed by atoms with Crippen LogP contribution in [0.4, 0.5) is 5.95 Å². The third kappa shape index (κ3) is 1.06. The van der Waals surface area contributed by atoms with Gasteiger partial charge in [-0.1, -0.05) is 11.6 Å². The summed E-state index contributed by atoms with van der Waals surface area (Å²) >= 11 is 5.82. The van der Waals surface area contributed by atoms with Crippen molar-refractivity contribution in [3.63, 3.8) is 0 Å². The number of nitrogens with one attached hydrogen (secondary N) is 2. The second-order valence-corrected chi connectivity index (χ2v) is 2.75. The van der Waals surface area contributed by atoms with Crippen molar-refractivity contribution in [2.45, 2.75) is 0 Å². The van der Waals surface area contributed by atoms with E-state index in [1.807, 2.05) is 12.1 Å². The first-order valence-corrected chi connectivity index (χ1v) is 3.80. The minimum absolute atomic E-state index is 0.324. The number of nitrogen functional groups attached to an aromatic ring is 1. The third-order valence-electron chi connectivity index (χ3n) is 1.53. The number of aromatic nitrogens is 3. The molecule has 0 amide bonds. The molecule has 0 atom stereocenters. The molecule has 0 saturated carbocycles. The van der Waals surface area contributed by atoms with Crippen LogP contribution in [0.25, 0.3) is 11.4 Å². The van der Waals surface area contributed by atoms with Gasteiger partial charge in [0.15, 0.2) is 5.95 Å². The molecule has 12 heavy (non-hydrogen) atoms. The van der Waals surface area contributed by atoms with Crippen molar-refractivity contribution in [2.24, 2.45) is 0 Å². The predicted molar refractivity (Wildman–Crippen MR) is 47.8 cm³/mol. The molecule has 4 nitrogen and oxygen atoms in total. The Morgan fingerprint density at radius 3 is 2.83 bits per heavy atom. The number of hydrogen-bond donors (Lipinski definition) is 3. The fourth-order valence-corrected chi connectivity index (χ4v) is 1.27. The second-order valence-electron chi connectivity index (χ2n) is 2.37. The van der Waals surface area contributed by atoms with Crippen LogP contribution in [0.5, 0.6) is 0 Å². The summed E-state index contributed by atoms with van der Waals surface area (Å²) in [6, 6.07) is 3.75. The molecule has 2 aromatic rings. The van der Waals surface area contributed by atoms with Gasteiger partial charge in [-0.2, -0.15) is 0 Å². The number of nitrogens with two attached hydrogens (primary N) is 1. The lowest BCUT2D eigenvalue weighted by Gasteiger charge is -1.89. The maximum absolute atomic E-state index is 5.82. The monoisotopic (exact) mass is 182 g/mol. The van der Waals surface area contributed by atoms with Gasteiger partial charge in [0.1, 0.15) is 10.8 Å². The van der Waals surface area contributed by atoms with Crippen LogP contribution in [0.3, 0.4) is 0 Å². The smallest absolute Gasteiger partial charge is 0.199 e. The Hall–Kier alpha value is -1.42. The Morgan fingerprint density at radius 2 is 2.33 bits per heavy atom. The average molecular weight is 183 g/mol. The maximum atomic E-state index is 5.82. The number of halogens is 1. The lowest BCUT2D eigenvalue weighted by atomic mass is 10.3. The highest BCUT2D eigenvalue weighted by Crippen LogP contribution is 2.24. The number of rotatable bonds is 1. The van der Waals surface area contributed by atoms with Crippen molar-refractivity contribution in [1.82, 2.24) is 15.0 Å². The molecule has 0 bridgehead atoms. The van der Waals surface area contributed by atoms with E-state index in [9.17, 15) is 0 Å². The number of anilines is 1. The molecular weight excluding hydrogens is 176 g/mol. The van der Waals surface area contributed by atoms with E-state index in [0.717, 1.165) is 5.69 Å². The number of hydrogen-bond acceptors (Lipinski definition) is 2. The largest absolute Gasteiger partial charge is 0.369 e. The molecule has 0 aliphatic heterocycles. The topological polar surface area (TPSA) is 70.5 Å². The molecule has 4 N–H and O–H groups in total. The van der Waals surface area contributed by atoms with Gasteiger partial charge in [-0.15, -0.1) is 0 Å². The minimum Gasteiger partial charge on any atom is -0.369 e. The molecule has 62 valence electrons. The molecule has 2 aromatic heterocycles. The standard InChI is InChI=1S/C7H7ClN4/c8-6-5(11-7(9)12-6)4-2-1-3-10-4/h1-3,10H,(H3,9,11,12). The van der Waals surface area contributed by atoms with E-state index in [2.05, 4.69) is 15.0 Å². The van der Waals surface area contributed by atoms with Gasteiger partial charge in [-0.3, -0.25) is 0 Å². The first-order chi connectivity index (χ1) is 5.77. The highest BCUT2D eigenvalue weighted by Gasteiger charge is 2.08. The lowest BCUT2D eigenvalue weighted by Crippen LogP contribution is -1.85. The summed E-state index contributed by atoms with van der Waals surface area (Å²) in [6.07, 6.45) is 1.80. The summed E-state index contributed by atoms with van der Waals surface area (Å²) < 4.78 is 0. The Bertz CT molecular complexity index is 376. The molecule has 0 aliphatic carbocycles. The molecule has 0 fully saturated rings. The molecule has 5 heteroatoms. The quantitative estimate of drug-likeness (QED) is 0.628. The summed E-state index contributed by atoms with van der Waals surface area (Å²) in [5.41, 5.74) is 6.93. The first-order valence-electron chi connectivity index (χ1n) is 3.42. The van der Waals surface area contributed by atoms with Gasteiger partial charge in [-0.25, -0.2) is 4.98 Å². The first kappa shape index (κ1) is 7.24. The molecule has 0 aliphatic rings. The number of aromatic amines is 2.